The number of amides is 1. The summed E-state index contributed by atoms with van der Waals surface area (Å²) in [7, 11) is 0. The van der Waals surface area contributed by atoms with Crippen LogP contribution >= 0.6 is 0 Å². The van der Waals surface area contributed by atoms with Gasteiger partial charge in [-0.1, -0.05) is 20.8 Å². The molecule has 0 spiro atoms. The topological polar surface area (TPSA) is 67.2 Å². The van der Waals surface area contributed by atoms with Crippen LogP contribution in [0.1, 0.15) is 33.2 Å². The van der Waals surface area contributed by atoms with Crippen molar-refractivity contribution in [1.29, 1.82) is 0 Å². The zero-order chi connectivity index (χ0) is 12.6. The first kappa shape index (κ1) is 12.1. The van der Waals surface area contributed by atoms with Crippen LogP contribution in [-0.4, -0.2) is 32.9 Å². The standard InChI is InChI=1S/C12H19N3O2/c1-12(2,3)11(17)14-8-7-9(16)10(8)15-6-4-5-13-15/h4-6,8-10,16H,7H2,1-3H3,(H,14,17)/t8-,9+,10+/m1/s1. The van der Waals surface area contributed by atoms with E-state index in [1.807, 2.05) is 33.0 Å². The Morgan fingerprint density at radius 3 is 2.71 bits per heavy atom. The molecule has 0 unspecified atom stereocenters. The van der Waals surface area contributed by atoms with Crippen LogP contribution in [0.3, 0.4) is 0 Å². The Kier molecular flexibility index (Phi) is 2.95. The minimum Gasteiger partial charge on any atom is -0.391 e. The highest BCUT2D eigenvalue weighted by Crippen LogP contribution is 2.32. The van der Waals surface area contributed by atoms with Gasteiger partial charge in [0.2, 0.25) is 5.91 Å². The van der Waals surface area contributed by atoms with Crippen molar-refractivity contribution in [1.82, 2.24) is 15.1 Å². The van der Waals surface area contributed by atoms with Crippen molar-refractivity contribution in [2.75, 3.05) is 0 Å². The summed E-state index contributed by atoms with van der Waals surface area (Å²) < 4.78 is 1.71. The molecular weight excluding hydrogens is 218 g/mol. The zero-order valence-corrected chi connectivity index (χ0v) is 10.4. The predicted octanol–water partition coefficient (Wildman–Crippen LogP) is 0.720. The molecule has 0 radical (unpaired) electrons. The monoisotopic (exact) mass is 237 g/mol. The van der Waals surface area contributed by atoms with Crippen LogP contribution in [0.25, 0.3) is 0 Å². The van der Waals surface area contributed by atoms with Crippen LogP contribution in [0.4, 0.5) is 0 Å². The maximum Gasteiger partial charge on any atom is 0.225 e. The van der Waals surface area contributed by atoms with E-state index in [0.717, 1.165) is 0 Å². The second-order valence-electron chi connectivity index (χ2n) is 5.61. The fourth-order valence-corrected chi connectivity index (χ4v) is 1.96. The third-order valence-electron chi connectivity index (χ3n) is 3.13. The second kappa shape index (κ2) is 4.14. The molecule has 1 aromatic heterocycles. The third-order valence-corrected chi connectivity index (χ3v) is 3.13. The number of aromatic nitrogens is 2. The predicted molar refractivity (Wildman–Crippen MR) is 63.3 cm³/mol. The molecule has 1 saturated carbocycles. The van der Waals surface area contributed by atoms with E-state index in [1.54, 1.807) is 10.9 Å². The highest BCUT2D eigenvalue weighted by Gasteiger charge is 2.43. The lowest BCUT2D eigenvalue weighted by Crippen LogP contribution is -2.57. The number of hydrogen-bond acceptors (Lipinski definition) is 3. The molecule has 1 fully saturated rings. The van der Waals surface area contributed by atoms with Crippen molar-refractivity contribution in [2.24, 2.45) is 5.41 Å². The average molecular weight is 237 g/mol. The molecule has 0 aliphatic heterocycles. The molecule has 17 heavy (non-hydrogen) atoms. The molecule has 0 saturated heterocycles. The maximum absolute atomic E-state index is 11.9. The Morgan fingerprint density at radius 1 is 1.53 bits per heavy atom. The van der Waals surface area contributed by atoms with Gasteiger partial charge in [0.05, 0.1) is 18.2 Å². The van der Waals surface area contributed by atoms with Gasteiger partial charge in [-0.15, -0.1) is 0 Å². The van der Waals surface area contributed by atoms with E-state index < -0.39 is 11.5 Å². The van der Waals surface area contributed by atoms with Gasteiger partial charge in [-0.3, -0.25) is 9.48 Å². The number of nitrogens with zero attached hydrogens (tertiary/aromatic N) is 2. The zero-order valence-electron chi connectivity index (χ0n) is 10.4. The van der Waals surface area contributed by atoms with Crippen LogP contribution in [-0.2, 0) is 4.79 Å². The van der Waals surface area contributed by atoms with Gasteiger partial charge in [-0.05, 0) is 12.5 Å². The van der Waals surface area contributed by atoms with Gasteiger partial charge in [0.25, 0.3) is 0 Å². The van der Waals surface area contributed by atoms with E-state index in [4.69, 9.17) is 0 Å². The number of rotatable bonds is 2. The van der Waals surface area contributed by atoms with Crippen molar-refractivity contribution >= 4 is 5.91 Å². The number of carbonyl (C=O) groups is 1. The molecule has 2 rings (SSSR count). The normalized spacial score (nSPS) is 28.6. The molecular formula is C12H19N3O2. The molecule has 1 amide bonds. The number of aliphatic hydroxyl groups is 1. The Hall–Kier alpha value is -1.36. The van der Waals surface area contributed by atoms with Gasteiger partial charge in [0.1, 0.15) is 0 Å². The molecule has 1 heterocycles. The molecule has 5 nitrogen and oxygen atoms in total. The smallest absolute Gasteiger partial charge is 0.225 e. The first-order valence-electron chi connectivity index (χ1n) is 5.88. The second-order valence-corrected chi connectivity index (χ2v) is 5.61. The van der Waals surface area contributed by atoms with Crippen LogP contribution in [0, 0.1) is 5.41 Å². The van der Waals surface area contributed by atoms with Gasteiger partial charge < -0.3 is 10.4 Å². The summed E-state index contributed by atoms with van der Waals surface area (Å²) in [6, 6.07) is 1.64. The lowest BCUT2D eigenvalue weighted by Gasteiger charge is -2.42. The lowest BCUT2D eigenvalue weighted by atomic mass is 9.82. The highest BCUT2D eigenvalue weighted by molar-refractivity contribution is 5.81. The SMILES string of the molecule is CC(C)(C)C(=O)N[C@@H]1C[C@H](O)[C@H]1n1cccn1. The number of aliphatic hydroxyl groups excluding tert-OH is 1. The summed E-state index contributed by atoms with van der Waals surface area (Å²) in [4.78, 5) is 11.9. The molecule has 1 aliphatic carbocycles. The van der Waals surface area contributed by atoms with Gasteiger partial charge in [-0.2, -0.15) is 5.10 Å². The fourth-order valence-electron chi connectivity index (χ4n) is 1.96. The van der Waals surface area contributed by atoms with E-state index in [-0.39, 0.29) is 18.0 Å². The van der Waals surface area contributed by atoms with Gasteiger partial charge in [-0.25, -0.2) is 0 Å². The van der Waals surface area contributed by atoms with Gasteiger partial charge in [0, 0.05) is 17.8 Å². The quantitative estimate of drug-likeness (QED) is 0.796. The first-order chi connectivity index (χ1) is 7.89. The van der Waals surface area contributed by atoms with E-state index in [9.17, 15) is 9.90 Å². The summed E-state index contributed by atoms with van der Waals surface area (Å²) >= 11 is 0. The van der Waals surface area contributed by atoms with Crippen molar-refractivity contribution in [2.45, 2.75) is 45.4 Å². The fraction of sp³-hybridized carbons (Fsp3) is 0.667. The Balaban J connectivity index is 2.02. The highest BCUT2D eigenvalue weighted by atomic mass is 16.3. The number of hydrogen-bond donors (Lipinski definition) is 2. The van der Waals surface area contributed by atoms with Crippen molar-refractivity contribution in [3.05, 3.63) is 18.5 Å². The average Bonchev–Trinajstić information content (AvgIpc) is 2.68. The molecule has 94 valence electrons. The molecule has 0 aromatic carbocycles. The molecule has 0 bridgehead atoms. The van der Waals surface area contributed by atoms with Gasteiger partial charge >= 0.3 is 0 Å². The minimum atomic E-state index is -0.430. The molecule has 3 atom stereocenters. The van der Waals surface area contributed by atoms with E-state index in [1.165, 1.54) is 0 Å². The number of nitrogens with one attached hydrogen (secondary N) is 1. The van der Waals surface area contributed by atoms with E-state index in [2.05, 4.69) is 10.4 Å². The Bertz CT molecular complexity index is 394. The van der Waals surface area contributed by atoms with Crippen molar-refractivity contribution in [3.63, 3.8) is 0 Å². The molecule has 2 N–H and O–H groups in total. The van der Waals surface area contributed by atoms with Crippen LogP contribution < -0.4 is 5.32 Å². The van der Waals surface area contributed by atoms with Crippen molar-refractivity contribution < 1.29 is 9.90 Å². The summed E-state index contributed by atoms with van der Waals surface area (Å²) in [5.41, 5.74) is -0.408. The van der Waals surface area contributed by atoms with Crippen molar-refractivity contribution in [3.8, 4) is 0 Å². The van der Waals surface area contributed by atoms with Crippen LogP contribution in [0.2, 0.25) is 0 Å². The maximum atomic E-state index is 11.9. The van der Waals surface area contributed by atoms with E-state index >= 15 is 0 Å². The third kappa shape index (κ3) is 2.34. The van der Waals surface area contributed by atoms with Crippen LogP contribution in [0.5, 0.6) is 0 Å². The van der Waals surface area contributed by atoms with Gasteiger partial charge in [0.15, 0.2) is 0 Å². The minimum absolute atomic E-state index is 0.00607. The lowest BCUT2D eigenvalue weighted by molar-refractivity contribution is -0.132. The first-order valence-corrected chi connectivity index (χ1v) is 5.88. The summed E-state index contributed by atoms with van der Waals surface area (Å²) in [6.07, 6.45) is 3.64. The summed E-state index contributed by atoms with van der Waals surface area (Å²) in [6.45, 7) is 5.63. The molecule has 5 heteroatoms. The molecule has 1 aromatic rings. The Labute approximate surface area is 101 Å². The molecule has 1 aliphatic rings. The van der Waals surface area contributed by atoms with E-state index in [0.29, 0.717) is 6.42 Å². The van der Waals surface area contributed by atoms with Crippen LogP contribution in [0.15, 0.2) is 18.5 Å². The summed E-state index contributed by atoms with van der Waals surface area (Å²) in [5.74, 6) is 0.00607. The summed E-state index contributed by atoms with van der Waals surface area (Å²) in [5, 5.41) is 16.8. The Morgan fingerprint density at radius 2 is 2.24 bits per heavy atom. The largest absolute Gasteiger partial charge is 0.391 e. The number of carbonyl (C=O) groups excluding carboxylic acids is 1.